The van der Waals surface area contributed by atoms with Crippen molar-refractivity contribution < 1.29 is 18.3 Å². The summed E-state index contributed by atoms with van der Waals surface area (Å²) in [6.07, 6.45) is 2.63. The largest absolute Gasteiger partial charge is 0.480 e. The number of carboxylic acid groups (broad SMARTS) is 1. The Morgan fingerprint density at radius 2 is 2.24 bits per heavy atom. The Bertz CT molecular complexity index is 545. The summed E-state index contributed by atoms with van der Waals surface area (Å²) in [5, 5.41) is 9.69. The van der Waals surface area contributed by atoms with Crippen molar-refractivity contribution in [1.29, 1.82) is 0 Å². The molecule has 0 amide bonds. The Morgan fingerprint density at radius 3 is 2.59 bits per heavy atom. The molecule has 0 aromatic carbocycles. The van der Waals surface area contributed by atoms with E-state index in [1.165, 1.54) is 6.20 Å². The van der Waals surface area contributed by atoms with Gasteiger partial charge in [-0.05, 0) is 26.2 Å². The number of carbonyl (C=O) groups is 1. The molecule has 0 saturated heterocycles. The third kappa shape index (κ3) is 2.20. The fourth-order valence-corrected chi connectivity index (χ4v) is 4.19. The molecule has 2 rings (SSSR count). The second-order valence-electron chi connectivity index (χ2n) is 4.04. The van der Waals surface area contributed by atoms with E-state index < -0.39 is 21.5 Å². The molecule has 0 aliphatic heterocycles. The van der Waals surface area contributed by atoms with Crippen LogP contribution in [0.25, 0.3) is 0 Å². The summed E-state index contributed by atoms with van der Waals surface area (Å²) >= 11 is 1.03. The molecule has 0 spiro atoms. The molecule has 0 bridgehead atoms. The lowest BCUT2D eigenvalue weighted by atomic mass is 9.78. The second-order valence-corrected chi connectivity index (χ2v) is 7.19. The number of hydrogen-bond acceptors (Lipinski definition) is 5. The van der Waals surface area contributed by atoms with Gasteiger partial charge in [-0.15, -0.1) is 11.3 Å². The van der Waals surface area contributed by atoms with Gasteiger partial charge in [0, 0.05) is 0 Å². The van der Waals surface area contributed by atoms with Crippen molar-refractivity contribution in [3.05, 3.63) is 11.2 Å². The molecule has 6 nitrogen and oxygen atoms in total. The van der Waals surface area contributed by atoms with E-state index in [9.17, 15) is 13.2 Å². The van der Waals surface area contributed by atoms with Crippen molar-refractivity contribution in [2.24, 2.45) is 0 Å². The number of aryl methyl sites for hydroxylation is 1. The van der Waals surface area contributed by atoms with Gasteiger partial charge in [0.2, 0.25) is 0 Å². The zero-order valence-electron chi connectivity index (χ0n) is 9.13. The Balaban J connectivity index is 2.26. The molecule has 0 radical (unpaired) electrons. The summed E-state index contributed by atoms with van der Waals surface area (Å²) in [5.41, 5.74) is -1.32. The maximum Gasteiger partial charge on any atom is 0.324 e. The predicted molar refractivity (Wildman–Crippen MR) is 61.4 cm³/mol. The van der Waals surface area contributed by atoms with E-state index in [4.69, 9.17) is 5.11 Å². The molecular weight excluding hydrogens is 264 g/mol. The van der Waals surface area contributed by atoms with E-state index in [0.717, 1.165) is 17.8 Å². The predicted octanol–water partition coefficient (Wildman–Crippen LogP) is 0.737. The highest BCUT2D eigenvalue weighted by atomic mass is 32.2. The number of thiazole rings is 1. The Morgan fingerprint density at radius 1 is 1.59 bits per heavy atom. The third-order valence-corrected chi connectivity index (χ3v) is 5.72. The van der Waals surface area contributed by atoms with Crippen LogP contribution in [0.1, 0.15) is 24.3 Å². The van der Waals surface area contributed by atoms with Crippen LogP contribution >= 0.6 is 11.3 Å². The first-order chi connectivity index (χ1) is 7.86. The number of sulfonamides is 1. The minimum Gasteiger partial charge on any atom is -0.480 e. The number of hydrogen-bond donors (Lipinski definition) is 2. The van der Waals surface area contributed by atoms with Crippen LogP contribution in [0.4, 0.5) is 0 Å². The molecule has 0 unspecified atom stereocenters. The average Bonchev–Trinajstić information content (AvgIpc) is 2.58. The molecule has 17 heavy (non-hydrogen) atoms. The molecule has 1 saturated carbocycles. The van der Waals surface area contributed by atoms with Crippen LogP contribution in [0.3, 0.4) is 0 Å². The van der Waals surface area contributed by atoms with E-state index in [2.05, 4.69) is 9.71 Å². The van der Waals surface area contributed by atoms with Gasteiger partial charge in [-0.2, -0.15) is 4.72 Å². The van der Waals surface area contributed by atoms with Gasteiger partial charge < -0.3 is 5.11 Å². The first-order valence-electron chi connectivity index (χ1n) is 5.06. The molecule has 94 valence electrons. The Kier molecular flexibility index (Phi) is 2.96. The number of aromatic nitrogens is 1. The van der Waals surface area contributed by atoms with Crippen LogP contribution in [0.15, 0.2) is 10.4 Å². The molecule has 1 aromatic rings. The summed E-state index contributed by atoms with van der Waals surface area (Å²) < 4.78 is 26.2. The topological polar surface area (TPSA) is 96.4 Å². The lowest BCUT2D eigenvalue weighted by Crippen LogP contribution is -2.58. The Hall–Kier alpha value is -0.990. The molecule has 1 aliphatic rings. The number of carboxylic acids is 1. The molecule has 8 heteroatoms. The number of nitrogens with one attached hydrogen (secondary N) is 1. The first kappa shape index (κ1) is 12.5. The van der Waals surface area contributed by atoms with E-state index in [0.29, 0.717) is 17.8 Å². The van der Waals surface area contributed by atoms with Gasteiger partial charge >= 0.3 is 5.97 Å². The summed E-state index contributed by atoms with van der Waals surface area (Å²) in [6.45, 7) is 1.69. The van der Waals surface area contributed by atoms with E-state index in [1.54, 1.807) is 6.92 Å². The van der Waals surface area contributed by atoms with Gasteiger partial charge in [-0.1, -0.05) is 0 Å². The zero-order chi connectivity index (χ0) is 12.7. The van der Waals surface area contributed by atoms with Crippen LogP contribution in [0.5, 0.6) is 0 Å². The van der Waals surface area contributed by atoms with Gasteiger partial charge in [-0.25, -0.2) is 13.4 Å². The molecular formula is C9H12N2O4S2. The SMILES string of the molecule is Cc1ncc(S(=O)(=O)NC2(C(=O)O)CCC2)s1. The standard InChI is InChI=1S/C9H12N2O4S2/c1-6-10-5-7(16-6)17(14,15)11-9(8(12)13)3-2-4-9/h5,11H,2-4H2,1H3,(H,12,13). The molecule has 0 atom stereocenters. The van der Waals surface area contributed by atoms with E-state index in [-0.39, 0.29) is 4.21 Å². The molecule has 2 N–H and O–H groups in total. The maximum atomic E-state index is 12.0. The highest BCUT2D eigenvalue weighted by molar-refractivity contribution is 7.91. The summed E-state index contributed by atoms with van der Waals surface area (Å²) in [6, 6.07) is 0. The number of rotatable bonds is 4. The molecule has 1 heterocycles. The van der Waals surface area contributed by atoms with Crippen LogP contribution < -0.4 is 4.72 Å². The smallest absolute Gasteiger partial charge is 0.324 e. The first-order valence-corrected chi connectivity index (χ1v) is 7.35. The van der Waals surface area contributed by atoms with Crippen LogP contribution in [-0.2, 0) is 14.8 Å². The van der Waals surface area contributed by atoms with Crippen molar-refractivity contribution >= 4 is 27.3 Å². The quantitative estimate of drug-likeness (QED) is 0.845. The molecule has 1 fully saturated rings. The van der Waals surface area contributed by atoms with Crippen molar-refractivity contribution in [2.45, 2.75) is 35.9 Å². The van der Waals surface area contributed by atoms with Gasteiger partial charge in [-0.3, -0.25) is 4.79 Å². The number of nitrogens with zero attached hydrogens (tertiary/aromatic N) is 1. The van der Waals surface area contributed by atoms with Gasteiger partial charge in [0.1, 0.15) is 5.54 Å². The lowest BCUT2D eigenvalue weighted by molar-refractivity contribution is -0.147. The number of aliphatic carboxylic acids is 1. The summed E-state index contributed by atoms with van der Waals surface area (Å²) in [7, 11) is -3.78. The van der Waals surface area contributed by atoms with Gasteiger partial charge in [0.05, 0.1) is 11.2 Å². The highest BCUT2D eigenvalue weighted by Gasteiger charge is 2.47. The normalized spacial score (nSPS) is 18.6. The Labute approximate surface area is 103 Å². The zero-order valence-corrected chi connectivity index (χ0v) is 10.8. The van der Waals surface area contributed by atoms with Crippen molar-refractivity contribution in [1.82, 2.24) is 9.71 Å². The van der Waals surface area contributed by atoms with Crippen molar-refractivity contribution in [3.8, 4) is 0 Å². The van der Waals surface area contributed by atoms with Crippen LogP contribution in [-0.4, -0.2) is 30.0 Å². The van der Waals surface area contributed by atoms with Crippen molar-refractivity contribution in [3.63, 3.8) is 0 Å². The fraction of sp³-hybridized carbons (Fsp3) is 0.556. The molecule has 1 aliphatic carbocycles. The minimum absolute atomic E-state index is 0.0579. The molecule has 1 aromatic heterocycles. The highest BCUT2D eigenvalue weighted by Crippen LogP contribution is 2.34. The van der Waals surface area contributed by atoms with E-state index in [1.807, 2.05) is 0 Å². The van der Waals surface area contributed by atoms with Crippen molar-refractivity contribution in [2.75, 3.05) is 0 Å². The average molecular weight is 276 g/mol. The fourth-order valence-electron chi connectivity index (χ4n) is 1.66. The summed E-state index contributed by atoms with van der Waals surface area (Å²) in [4.78, 5) is 14.9. The third-order valence-electron chi connectivity index (χ3n) is 2.81. The lowest BCUT2D eigenvalue weighted by Gasteiger charge is -2.37. The summed E-state index contributed by atoms with van der Waals surface area (Å²) in [5.74, 6) is -1.12. The minimum atomic E-state index is -3.78. The van der Waals surface area contributed by atoms with Gasteiger partial charge in [0.15, 0.2) is 4.21 Å². The maximum absolute atomic E-state index is 12.0. The second kappa shape index (κ2) is 4.04. The monoisotopic (exact) mass is 276 g/mol. The van der Waals surface area contributed by atoms with Crippen LogP contribution in [0, 0.1) is 6.92 Å². The van der Waals surface area contributed by atoms with Gasteiger partial charge in [0.25, 0.3) is 10.0 Å². The van der Waals surface area contributed by atoms with E-state index >= 15 is 0 Å². The van der Waals surface area contributed by atoms with Crippen LogP contribution in [0.2, 0.25) is 0 Å².